The van der Waals surface area contributed by atoms with E-state index in [1.807, 2.05) is 0 Å². The average molecular weight is 332 g/mol. The number of para-hydroxylation sites is 1. The van der Waals surface area contributed by atoms with Crippen LogP contribution in [0.2, 0.25) is 0 Å². The number of carbonyl (C=O) groups is 1. The topological polar surface area (TPSA) is 51.1 Å². The second-order valence-electron chi connectivity index (χ2n) is 5.11. The van der Waals surface area contributed by atoms with E-state index >= 15 is 0 Å². The Labute approximate surface area is 134 Å². The minimum Gasteiger partial charge on any atom is -0.338 e. The lowest BCUT2D eigenvalue weighted by atomic mass is 10.2. The lowest BCUT2D eigenvalue weighted by Gasteiger charge is -2.12. The van der Waals surface area contributed by atoms with Crippen LogP contribution < -0.4 is 10.7 Å². The third-order valence-electron chi connectivity index (χ3n) is 3.48. The van der Waals surface area contributed by atoms with Crippen LogP contribution in [0, 0.1) is 17.5 Å². The Morgan fingerprint density at radius 3 is 2.46 bits per heavy atom. The number of aromatic nitrogens is 1. The minimum absolute atomic E-state index is 0.113. The summed E-state index contributed by atoms with van der Waals surface area (Å²) in [4.78, 5) is 23.8. The summed E-state index contributed by atoms with van der Waals surface area (Å²) >= 11 is 0. The van der Waals surface area contributed by atoms with Crippen LogP contribution in [-0.4, -0.2) is 10.5 Å². The zero-order chi connectivity index (χ0) is 17.3. The number of fused-ring (bicyclic) bond motifs is 1. The fourth-order valence-electron chi connectivity index (χ4n) is 2.37. The first-order valence-electron chi connectivity index (χ1n) is 6.98. The summed E-state index contributed by atoms with van der Waals surface area (Å²) < 4.78 is 41.8. The molecule has 0 aliphatic carbocycles. The van der Waals surface area contributed by atoms with Gasteiger partial charge in [0, 0.05) is 17.6 Å². The highest BCUT2D eigenvalue weighted by molar-refractivity contribution is 5.92. The van der Waals surface area contributed by atoms with E-state index in [-0.39, 0.29) is 17.4 Å². The van der Waals surface area contributed by atoms with Crippen LogP contribution in [-0.2, 0) is 11.3 Å². The fraction of sp³-hybridized carbons (Fsp3) is 0.0588. The number of carbonyl (C=O) groups excluding carboxylic acids is 1. The molecule has 122 valence electrons. The van der Waals surface area contributed by atoms with Crippen LogP contribution in [0.15, 0.2) is 53.5 Å². The van der Waals surface area contributed by atoms with E-state index in [0.29, 0.717) is 5.52 Å². The van der Waals surface area contributed by atoms with E-state index in [1.54, 1.807) is 0 Å². The Morgan fingerprint density at radius 1 is 1.04 bits per heavy atom. The summed E-state index contributed by atoms with van der Waals surface area (Å²) in [6.07, 6.45) is 1.36. The van der Waals surface area contributed by atoms with Crippen molar-refractivity contribution in [3.63, 3.8) is 0 Å². The lowest BCUT2D eigenvalue weighted by Crippen LogP contribution is -2.21. The van der Waals surface area contributed by atoms with Crippen molar-refractivity contribution in [2.24, 2.45) is 0 Å². The van der Waals surface area contributed by atoms with Crippen molar-refractivity contribution in [1.82, 2.24) is 4.57 Å². The normalized spacial score (nSPS) is 10.8. The molecule has 3 aromatic rings. The summed E-state index contributed by atoms with van der Waals surface area (Å²) in [7, 11) is 0. The molecule has 4 nitrogen and oxygen atoms in total. The predicted octanol–water partition coefficient (Wildman–Crippen LogP) is 3.06. The molecule has 0 saturated heterocycles. The molecular formula is C17H11F3N2O2. The minimum atomic E-state index is -0.893. The van der Waals surface area contributed by atoms with Gasteiger partial charge < -0.3 is 9.88 Å². The van der Waals surface area contributed by atoms with Gasteiger partial charge in [0.05, 0.1) is 5.52 Å². The first-order chi connectivity index (χ1) is 11.5. The first kappa shape index (κ1) is 15.8. The molecule has 0 aliphatic heterocycles. The van der Waals surface area contributed by atoms with Gasteiger partial charge >= 0.3 is 0 Å². The second-order valence-corrected chi connectivity index (χ2v) is 5.11. The van der Waals surface area contributed by atoms with Gasteiger partial charge in [0.15, 0.2) is 5.43 Å². The smallest absolute Gasteiger partial charge is 0.244 e. The Morgan fingerprint density at radius 2 is 1.75 bits per heavy atom. The fourth-order valence-corrected chi connectivity index (χ4v) is 2.37. The molecule has 0 aliphatic rings. The summed E-state index contributed by atoms with van der Waals surface area (Å²) in [6.45, 7) is -0.295. The molecule has 7 heteroatoms. The molecule has 1 heterocycles. The number of amides is 1. The number of halogens is 3. The van der Waals surface area contributed by atoms with Gasteiger partial charge in [-0.05, 0) is 30.3 Å². The van der Waals surface area contributed by atoms with Gasteiger partial charge in [-0.3, -0.25) is 9.59 Å². The van der Waals surface area contributed by atoms with Crippen LogP contribution in [0.1, 0.15) is 0 Å². The van der Waals surface area contributed by atoms with Crippen LogP contribution >= 0.6 is 0 Å². The van der Waals surface area contributed by atoms with Gasteiger partial charge in [-0.2, -0.15) is 0 Å². The highest BCUT2D eigenvalue weighted by Gasteiger charge is 2.13. The monoisotopic (exact) mass is 332 g/mol. The van der Waals surface area contributed by atoms with Crippen LogP contribution in [0.25, 0.3) is 10.9 Å². The third kappa shape index (κ3) is 3.01. The van der Waals surface area contributed by atoms with Gasteiger partial charge in [0.2, 0.25) is 5.91 Å². The van der Waals surface area contributed by atoms with Gasteiger partial charge in [-0.1, -0.05) is 6.07 Å². The second kappa shape index (κ2) is 6.19. The lowest BCUT2D eigenvalue weighted by molar-refractivity contribution is -0.116. The SMILES string of the molecule is O=C(Cn1ccc(=O)c2cc(F)ccc21)Nc1c(F)cccc1F. The van der Waals surface area contributed by atoms with Crippen molar-refractivity contribution in [2.75, 3.05) is 5.32 Å². The standard InChI is InChI=1S/C17H11F3N2O2/c18-10-4-5-14-11(8-10)15(23)6-7-22(14)9-16(24)21-17-12(19)2-1-3-13(17)20/h1-8H,9H2,(H,21,24). The summed E-state index contributed by atoms with van der Waals surface area (Å²) in [5, 5.41) is 2.27. The summed E-state index contributed by atoms with van der Waals surface area (Å²) in [6, 6.07) is 8.02. The number of hydrogen-bond donors (Lipinski definition) is 1. The summed E-state index contributed by atoms with van der Waals surface area (Å²) in [5.74, 6) is -3.05. The van der Waals surface area contributed by atoms with Crippen molar-refractivity contribution in [1.29, 1.82) is 0 Å². The molecular weight excluding hydrogens is 321 g/mol. The molecule has 1 N–H and O–H groups in total. The number of nitrogens with zero attached hydrogens (tertiary/aromatic N) is 1. The van der Waals surface area contributed by atoms with Crippen molar-refractivity contribution in [2.45, 2.75) is 6.54 Å². The Bertz CT molecular complexity index is 979. The predicted molar refractivity (Wildman–Crippen MR) is 83.2 cm³/mol. The van der Waals surface area contributed by atoms with E-state index in [0.717, 1.165) is 24.3 Å². The van der Waals surface area contributed by atoms with Gasteiger partial charge in [0.1, 0.15) is 29.7 Å². The van der Waals surface area contributed by atoms with Gasteiger partial charge in [0.25, 0.3) is 0 Å². The number of hydrogen-bond acceptors (Lipinski definition) is 2. The quantitative estimate of drug-likeness (QED) is 0.801. The van der Waals surface area contributed by atoms with E-state index < -0.39 is 29.0 Å². The first-order valence-corrected chi connectivity index (χ1v) is 6.98. The molecule has 0 fully saturated rings. The molecule has 0 radical (unpaired) electrons. The van der Waals surface area contributed by atoms with E-state index in [4.69, 9.17) is 0 Å². The number of pyridine rings is 1. The number of anilines is 1. The molecule has 0 unspecified atom stereocenters. The highest BCUT2D eigenvalue weighted by Crippen LogP contribution is 2.18. The zero-order valence-electron chi connectivity index (χ0n) is 12.2. The maximum absolute atomic E-state index is 13.6. The molecule has 3 rings (SSSR count). The highest BCUT2D eigenvalue weighted by atomic mass is 19.1. The van der Waals surface area contributed by atoms with Crippen molar-refractivity contribution in [3.05, 3.63) is 76.3 Å². The Kier molecular flexibility index (Phi) is 4.07. The van der Waals surface area contributed by atoms with Crippen LogP contribution in [0.3, 0.4) is 0 Å². The molecule has 24 heavy (non-hydrogen) atoms. The van der Waals surface area contributed by atoms with Gasteiger partial charge in [-0.15, -0.1) is 0 Å². The number of rotatable bonds is 3. The molecule has 0 spiro atoms. The molecule has 0 atom stereocenters. The van der Waals surface area contributed by atoms with Crippen LogP contribution in [0.4, 0.5) is 18.9 Å². The number of benzene rings is 2. The number of nitrogens with one attached hydrogen (secondary N) is 1. The molecule has 1 aromatic heterocycles. The largest absolute Gasteiger partial charge is 0.338 e. The summed E-state index contributed by atoms with van der Waals surface area (Å²) in [5.41, 5.74) is -0.590. The van der Waals surface area contributed by atoms with E-state index in [9.17, 15) is 22.8 Å². The zero-order valence-corrected chi connectivity index (χ0v) is 12.2. The van der Waals surface area contributed by atoms with Crippen LogP contribution in [0.5, 0.6) is 0 Å². The van der Waals surface area contributed by atoms with E-state index in [2.05, 4.69) is 5.32 Å². The Balaban J connectivity index is 1.91. The van der Waals surface area contributed by atoms with E-state index in [1.165, 1.54) is 29.0 Å². The maximum Gasteiger partial charge on any atom is 0.244 e. The van der Waals surface area contributed by atoms with Gasteiger partial charge in [-0.25, -0.2) is 13.2 Å². The molecule has 0 bridgehead atoms. The maximum atomic E-state index is 13.6. The van der Waals surface area contributed by atoms with Crippen molar-refractivity contribution >= 4 is 22.5 Å². The molecule has 0 saturated carbocycles. The molecule has 1 amide bonds. The average Bonchev–Trinajstić information content (AvgIpc) is 2.54. The van der Waals surface area contributed by atoms with Crippen molar-refractivity contribution < 1.29 is 18.0 Å². The third-order valence-corrected chi connectivity index (χ3v) is 3.48. The Hall–Kier alpha value is -3.09. The molecule has 2 aromatic carbocycles. The van der Waals surface area contributed by atoms with Crippen molar-refractivity contribution in [3.8, 4) is 0 Å².